The number of aromatic nitrogens is 4. The first-order valence-corrected chi connectivity index (χ1v) is 10.5. The first-order chi connectivity index (χ1) is 14.1. The van der Waals surface area contributed by atoms with E-state index in [1.807, 2.05) is 16.7 Å². The molecule has 2 heterocycles. The molecule has 0 aliphatic heterocycles. The number of hydrogen-bond acceptors (Lipinski definition) is 5. The molecule has 0 radical (unpaired) electrons. The van der Waals surface area contributed by atoms with Crippen LogP contribution in [0.3, 0.4) is 0 Å². The molecule has 0 fully saturated rings. The Labute approximate surface area is 175 Å². The van der Waals surface area contributed by atoms with Gasteiger partial charge in [-0.25, -0.2) is 0 Å². The van der Waals surface area contributed by atoms with Gasteiger partial charge in [0.15, 0.2) is 11.0 Å². The van der Waals surface area contributed by atoms with Crippen LogP contribution in [0.15, 0.2) is 66.6 Å². The molecular formula is C22H25N5OS. The van der Waals surface area contributed by atoms with Crippen LogP contribution in [0.25, 0.3) is 11.4 Å². The minimum atomic E-state index is -0.0268. The van der Waals surface area contributed by atoms with Gasteiger partial charge in [-0.1, -0.05) is 54.6 Å². The lowest BCUT2D eigenvalue weighted by molar-refractivity contribution is -0.119. The Balaban J connectivity index is 1.67. The lowest BCUT2D eigenvalue weighted by atomic mass is 10.0. The molecule has 0 aliphatic rings. The van der Waals surface area contributed by atoms with Gasteiger partial charge in [-0.05, 0) is 31.0 Å². The van der Waals surface area contributed by atoms with Crippen LogP contribution in [0.4, 0.5) is 0 Å². The van der Waals surface area contributed by atoms with E-state index in [4.69, 9.17) is 0 Å². The zero-order valence-corrected chi connectivity index (χ0v) is 17.5. The normalized spacial score (nSPS) is 11.8. The highest BCUT2D eigenvalue weighted by molar-refractivity contribution is 7.99. The Morgan fingerprint density at radius 2 is 1.93 bits per heavy atom. The Morgan fingerprint density at radius 1 is 1.21 bits per heavy atom. The summed E-state index contributed by atoms with van der Waals surface area (Å²) in [6, 6.07) is 12.0. The molecule has 0 bridgehead atoms. The Morgan fingerprint density at radius 3 is 2.59 bits per heavy atom. The fraction of sp³-hybridized carbons (Fsp3) is 0.273. The van der Waals surface area contributed by atoms with Crippen molar-refractivity contribution in [1.82, 2.24) is 25.1 Å². The number of pyridine rings is 1. The molecule has 0 spiro atoms. The summed E-state index contributed by atoms with van der Waals surface area (Å²) in [6.45, 7) is 8.51. The van der Waals surface area contributed by atoms with Crippen molar-refractivity contribution in [3.63, 3.8) is 0 Å². The smallest absolute Gasteiger partial charge is 0.230 e. The summed E-state index contributed by atoms with van der Waals surface area (Å²) in [6.07, 6.45) is 6.07. The number of aryl methyl sites for hydroxylation is 1. The largest absolute Gasteiger partial charge is 0.349 e. The van der Waals surface area contributed by atoms with Gasteiger partial charge in [-0.15, -0.1) is 16.8 Å². The first-order valence-electron chi connectivity index (χ1n) is 9.55. The summed E-state index contributed by atoms with van der Waals surface area (Å²) < 4.78 is 1.96. The number of hydrogen-bond donors (Lipinski definition) is 1. The zero-order valence-electron chi connectivity index (χ0n) is 16.7. The van der Waals surface area contributed by atoms with E-state index in [0.717, 1.165) is 23.4 Å². The van der Waals surface area contributed by atoms with E-state index in [9.17, 15) is 4.79 Å². The van der Waals surface area contributed by atoms with Gasteiger partial charge < -0.3 is 5.32 Å². The van der Waals surface area contributed by atoms with Crippen molar-refractivity contribution >= 4 is 17.7 Å². The van der Waals surface area contributed by atoms with Crippen molar-refractivity contribution in [3.05, 3.63) is 72.6 Å². The first kappa shape index (κ1) is 20.8. The molecule has 0 aliphatic carbocycles. The van der Waals surface area contributed by atoms with Crippen LogP contribution in [0.2, 0.25) is 0 Å². The Hall–Kier alpha value is -2.93. The van der Waals surface area contributed by atoms with E-state index < -0.39 is 0 Å². The third-order valence-corrected chi connectivity index (χ3v) is 5.49. The molecule has 1 atom stereocenters. The molecule has 1 aromatic carbocycles. The van der Waals surface area contributed by atoms with Gasteiger partial charge in [0, 0.05) is 24.5 Å². The molecule has 29 heavy (non-hydrogen) atoms. The monoisotopic (exact) mass is 407 g/mol. The van der Waals surface area contributed by atoms with Crippen molar-refractivity contribution in [3.8, 4) is 11.4 Å². The number of allylic oxidation sites excluding steroid dienone is 1. The number of nitrogens with zero attached hydrogens (tertiary/aromatic N) is 4. The van der Waals surface area contributed by atoms with Gasteiger partial charge >= 0.3 is 0 Å². The third kappa shape index (κ3) is 5.32. The topological polar surface area (TPSA) is 72.7 Å². The van der Waals surface area contributed by atoms with Crippen LogP contribution in [-0.2, 0) is 11.3 Å². The van der Waals surface area contributed by atoms with Crippen molar-refractivity contribution in [2.24, 2.45) is 0 Å². The standard InChI is InChI=1S/C22H25N5OS/c1-4-14-27-21(18-10-12-23-13-11-18)25-26-22(27)29-15-20(28)24-19(5-2)17-8-6-16(3)7-9-17/h4,6-13,19H,1,5,14-15H2,2-3H3,(H,24,28)/t19-/m1/s1. The molecule has 0 saturated carbocycles. The fourth-order valence-corrected chi connectivity index (χ4v) is 3.75. The summed E-state index contributed by atoms with van der Waals surface area (Å²) in [5, 5.41) is 12.4. The molecule has 1 amide bonds. The summed E-state index contributed by atoms with van der Waals surface area (Å²) >= 11 is 1.37. The second kappa shape index (κ2) is 10.0. The van der Waals surface area contributed by atoms with E-state index >= 15 is 0 Å². The maximum absolute atomic E-state index is 12.6. The number of nitrogens with one attached hydrogen (secondary N) is 1. The van der Waals surface area contributed by atoms with E-state index in [0.29, 0.717) is 11.7 Å². The summed E-state index contributed by atoms with van der Waals surface area (Å²) in [4.78, 5) is 16.6. The second-order valence-corrected chi connectivity index (χ2v) is 7.61. The lowest BCUT2D eigenvalue weighted by Crippen LogP contribution is -2.29. The molecule has 150 valence electrons. The van der Waals surface area contributed by atoms with E-state index in [1.54, 1.807) is 18.5 Å². The molecule has 0 saturated heterocycles. The molecule has 3 rings (SSSR count). The van der Waals surface area contributed by atoms with Gasteiger partial charge in [0.05, 0.1) is 11.8 Å². The van der Waals surface area contributed by atoms with Crippen LogP contribution in [0.1, 0.15) is 30.5 Å². The molecular weight excluding hydrogens is 382 g/mol. The van der Waals surface area contributed by atoms with Crippen LogP contribution >= 0.6 is 11.8 Å². The van der Waals surface area contributed by atoms with Crippen molar-refractivity contribution in [2.75, 3.05) is 5.75 Å². The fourth-order valence-electron chi connectivity index (χ4n) is 2.99. The van der Waals surface area contributed by atoms with Crippen molar-refractivity contribution < 1.29 is 4.79 Å². The number of amides is 1. The number of carbonyl (C=O) groups excluding carboxylic acids is 1. The van der Waals surface area contributed by atoms with Gasteiger partial charge in [-0.3, -0.25) is 14.3 Å². The summed E-state index contributed by atoms with van der Waals surface area (Å²) in [5.74, 6) is 0.982. The van der Waals surface area contributed by atoms with Crippen LogP contribution in [-0.4, -0.2) is 31.4 Å². The van der Waals surface area contributed by atoms with Crippen LogP contribution < -0.4 is 5.32 Å². The summed E-state index contributed by atoms with van der Waals surface area (Å²) in [5.41, 5.74) is 3.25. The molecule has 0 unspecified atom stereocenters. The molecule has 3 aromatic rings. The van der Waals surface area contributed by atoms with Gasteiger partial charge in [-0.2, -0.15) is 0 Å². The maximum Gasteiger partial charge on any atom is 0.230 e. The molecule has 7 heteroatoms. The predicted molar refractivity (Wildman–Crippen MR) is 117 cm³/mol. The number of carbonyl (C=O) groups is 1. The molecule has 1 N–H and O–H groups in total. The quantitative estimate of drug-likeness (QED) is 0.425. The minimum absolute atomic E-state index is 0.00197. The van der Waals surface area contributed by atoms with Crippen LogP contribution in [0, 0.1) is 6.92 Å². The molecule has 6 nitrogen and oxygen atoms in total. The highest BCUT2D eigenvalue weighted by Crippen LogP contribution is 2.24. The third-order valence-electron chi connectivity index (χ3n) is 4.52. The summed E-state index contributed by atoms with van der Waals surface area (Å²) in [7, 11) is 0. The van der Waals surface area contributed by atoms with Crippen molar-refractivity contribution in [2.45, 2.75) is 38.0 Å². The second-order valence-electron chi connectivity index (χ2n) is 6.67. The van der Waals surface area contributed by atoms with Crippen LogP contribution in [0.5, 0.6) is 0 Å². The van der Waals surface area contributed by atoms with E-state index in [1.165, 1.54) is 17.3 Å². The number of thioether (sulfide) groups is 1. The number of benzene rings is 1. The SMILES string of the molecule is C=CCn1c(SCC(=O)N[C@H](CC)c2ccc(C)cc2)nnc1-c1ccncc1. The zero-order chi connectivity index (χ0) is 20.6. The van der Waals surface area contributed by atoms with E-state index in [-0.39, 0.29) is 17.7 Å². The Kier molecular flexibility index (Phi) is 7.19. The highest BCUT2D eigenvalue weighted by Gasteiger charge is 2.17. The lowest BCUT2D eigenvalue weighted by Gasteiger charge is -2.17. The highest BCUT2D eigenvalue weighted by atomic mass is 32.2. The predicted octanol–water partition coefficient (Wildman–Crippen LogP) is 4.19. The molecule has 2 aromatic heterocycles. The maximum atomic E-state index is 12.6. The average molecular weight is 408 g/mol. The number of rotatable bonds is 9. The van der Waals surface area contributed by atoms with Gasteiger partial charge in [0.25, 0.3) is 0 Å². The van der Waals surface area contributed by atoms with Gasteiger partial charge in [0.2, 0.25) is 5.91 Å². The van der Waals surface area contributed by atoms with Gasteiger partial charge in [0.1, 0.15) is 0 Å². The van der Waals surface area contributed by atoms with E-state index in [2.05, 4.69) is 65.2 Å². The Bertz CT molecular complexity index is 953. The minimum Gasteiger partial charge on any atom is -0.349 e. The average Bonchev–Trinajstić information content (AvgIpc) is 3.15. The van der Waals surface area contributed by atoms with Crippen molar-refractivity contribution in [1.29, 1.82) is 0 Å².